The van der Waals surface area contributed by atoms with E-state index in [4.69, 9.17) is 4.74 Å². The highest BCUT2D eigenvalue weighted by molar-refractivity contribution is 5.81. The smallest absolute Gasteiger partial charge is 0.263 e. The number of aliphatic hydroxyl groups excluding tert-OH is 1. The van der Waals surface area contributed by atoms with E-state index in [1.807, 2.05) is 30.3 Å². The number of para-hydroxylation sites is 1. The molecule has 1 amide bonds. The quantitative estimate of drug-likeness (QED) is 0.878. The Morgan fingerprint density at radius 2 is 2.22 bits per heavy atom. The van der Waals surface area contributed by atoms with Crippen LogP contribution in [0.3, 0.4) is 0 Å². The standard InChI is InChI=1S/C14H19NO3/c1-11(18-13-7-3-2-4-8-13)14(17)15-9-5-6-12(15)10-16/h2-4,7-8,11-12,16H,5-6,9-10H2,1H3/t11?,12-/m0/s1. The Kier molecular flexibility index (Phi) is 4.20. The van der Waals surface area contributed by atoms with Crippen molar-refractivity contribution in [3.63, 3.8) is 0 Å². The van der Waals surface area contributed by atoms with Gasteiger partial charge in [-0.2, -0.15) is 0 Å². The van der Waals surface area contributed by atoms with Crippen LogP contribution in [0.25, 0.3) is 0 Å². The third kappa shape index (κ3) is 2.82. The van der Waals surface area contributed by atoms with E-state index in [0.717, 1.165) is 12.8 Å². The topological polar surface area (TPSA) is 49.8 Å². The van der Waals surface area contributed by atoms with E-state index < -0.39 is 6.10 Å². The predicted octanol–water partition coefficient (Wildman–Crippen LogP) is 1.44. The third-order valence-corrected chi connectivity index (χ3v) is 3.27. The molecule has 1 saturated heterocycles. The van der Waals surface area contributed by atoms with Crippen LogP contribution in [0.5, 0.6) is 5.75 Å². The summed E-state index contributed by atoms with van der Waals surface area (Å²) in [6.45, 7) is 2.50. The van der Waals surface area contributed by atoms with E-state index in [2.05, 4.69) is 0 Å². The summed E-state index contributed by atoms with van der Waals surface area (Å²) in [6, 6.07) is 9.27. The Hall–Kier alpha value is -1.55. The first-order valence-electron chi connectivity index (χ1n) is 6.35. The molecule has 1 aromatic rings. The van der Waals surface area contributed by atoms with Crippen molar-refractivity contribution in [2.75, 3.05) is 13.2 Å². The number of hydrogen-bond donors (Lipinski definition) is 1. The van der Waals surface area contributed by atoms with Crippen molar-refractivity contribution in [2.24, 2.45) is 0 Å². The monoisotopic (exact) mass is 249 g/mol. The van der Waals surface area contributed by atoms with Crippen molar-refractivity contribution < 1.29 is 14.6 Å². The fraction of sp³-hybridized carbons (Fsp3) is 0.500. The minimum atomic E-state index is -0.514. The highest BCUT2D eigenvalue weighted by atomic mass is 16.5. The van der Waals surface area contributed by atoms with Gasteiger partial charge in [-0.05, 0) is 31.9 Å². The van der Waals surface area contributed by atoms with Gasteiger partial charge < -0.3 is 14.7 Å². The van der Waals surface area contributed by atoms with Crippen LogP contribution in [0.4, 0.5) is 0 Å². The Labute approximate surface area is 107 Å². The van der Waals surface area contributed by atoms with Gasteiger partial charge >= 0.3 is 0 Å². The summed E-state index contributed by atoms with van der Waals surface area (Å²) >= 11 is 0. The molecule has 1 aliphatic rings. The van der Waals surface area contributed by atoms with E-state index in [1.165, 1.54) is 0 Å². The van der Waals surface area contributed by atoms with Gasteiger partial charge in [0.15, 0.2) is 6.10 Å². The van der Waals surface area contributed by atoms with Gasteiger partial charge in [-0.3, -0.25) is 4.79 Å². The van der Waals surface area contributed by atoms with Crippen molar-refractivity contribution >= 4 is 5.91 Å². The summed E-state index contributed by atoms with van der Waals surface area (Å²) in [5.41, 5.74) is 0. The van der Waals surface area contributed by atoms with Gasteiger partial charge in [-0.1, -0.05) is 18.2 Å². The fourth-order valence-electron chi connectivity index (χ4n) is 2.30. The summed E-state index contributed by atoms with van der Waals surface area (Å²) in [5.74, 6) is 0.647. The molecule has 4 nitrogen and oxygen atoms in total. The van der Waals surface area contributed by atoms with Crippen molar-refractivity contribution in [3.05, 3.63) is 30.3 Å². The van der Waals surface area contributed by atoms with Crippen LogP contribution < -0.4 is 4.74 Å². The number of hydrogen-bond acceptors (Lipinski definition) is 3. The molecule has 2 rings (SSSR count). The first-order chi connectivity index (χ1) is 8.72. The number of nitrogens with zero attached hydrogens (tertiary/aromatic N) is 1. The van der Waals surface area contributed by atoms with Crippen molar-refractivity contribution in [1.29, 1.82) is 0 Å². The Morgan fingerprint density at radius 1 is 1.50 bits per heavy atom. The first-order valence-corrected chi connectivity index (χ1v) is 6.35. The average molecular weight is 249 g/mol. The van der Waals surface area contributed by atoms with Crippen LogP contribution >= 0.6 is 0 Å². The van der Waals surface area contributed by atoms with E-state index in [0.29, 0.717) is 12.3 Å². The average Bonchev–Trinajstić information content (AvgIpc) is 2.87. The second-order valence-corrected chi connectivity index (χ2v) is 4.58. The van der Waals surface area contributed by atoms with Crippen LogP contribution in [-0.2, 0) is 4.79 Å². The molecule has 0 aliphatic carbocycles. The molecular formula is C14H19NO3. The maximum absolute atomic E-state index is 12.2. The Balaban J connectivity index is 1.96. The zero-order valence-corrected chi connectivity index (χ0v) is 10.6. The highest BCUT2D eigenvalue weighted by Crippen LogP contribution is 2.19. The van der Waals surface area contributed by atoms with Gasteiger partial charge in [0.05, 0.1) is 12.6 Å². The van der Waals surface area contributed by atoms with Crippen LogP contribution in [0.2, 0.25) is 0 Å². The van der Waals surface area contributed by atoms with E-state index in [-0.39, 0.29) is 18.6 Å². The summed E-state index contributed by atoms with van der Waals surface area (Å²) in [7, 11) is 0. The summed E-state index contributed by atoms with van der Waals surface area (Å²) in [6.07, 6.45) is 1.31. The van der Waals surface area contributed by atoms with E-state index in [1.54, 1.807) is 11.8 Å². The Morgan fingerprint density at radius 3 is 2.89 bits per heavy atom. The minimum Gasteiger partial charge on any atom is -0.481 e. The van der Waals surface area contributed by atoms with Gasteiger partial charge in [0.2, 0.25) is 0 Å². The molecule has 0 radical (unpaired) electrons. The summed E-state index contributed by atoms with van der Waals surface area (Å²) in [4.78, 5) is 13.9. The fourth-order valence-corrected chi connectivity index (χ4v) is 2.30. The second kappa shape index (κ2) is 5.87. The van der Waals surface area contributed by atoms with Gasteiger partial charge in [0, 0.05) is 6.54 Å². The molecule has 1 heterocycles. The van der Waals surface area contributed by atoms with Gasteiger partial charge in [0.1, 0.15) is 5.75 Å². The number of carbonyl (C=O) groups is 1. The number of carbonyl (C=O) groups excluding carboxylic acids is 1. The molecule has 0 spiro atoms. The number of amides is 1. The van der Waals surface area contributed by atoms with Gasteiger partial charge in [-0.15, -0.1) is 0 Å². The maximum Gasteiger partial charge on any atom is 0.263 e. The molecule has 1 N–H and O–H groups in total. The number of rotatable bonds is 4. The second-order valence-electron chi connectivity index (χ2n) is 4.58. The molecule has 1 aliphatic heterocycles. The van der Waals surface area contributed by atoms with Crippen molar-refractivity contribution in [1.82, 2.24) is 4.90 Å². The molecule has 1 unspecified atom stereocenters. The maximum atomic E-state index is 12.2. The van der Waals surface area contributed by atoms with E-state index in [9.17, 15) is 9.90 Å². The summed E-state index contributed by atoms with van der Waals surface area (Å²) < 4.78 is 5.61. The molecular weight excluding hydrogens is 230 g/mol. The predicted molar refractivity (Wildman–Crippen MR) is 68.4 cm³/mol. The van der Waals surface area contributed by atoms with E-state index >= 15 is 0 Å². The van der Waals surface area contributed by atoms with Gasteiger partial charge in [-0.25, -0.2) is 0 Å². The summed E-state index contributed by atoms with van der Waals surface area (Å²) in [5, 5.41) is 9.22. The first kappa shape index (κ1) is 12.9. The molecule has 0 aromatic heterocycles. The van der Waals surface area contributed by atoms with Gasteiger partial charge in [0.25, 0.3) is 5.91 Å². The van der Waals surface area contributed by atoms with Crippen LogP contribution in [0.1, 0.15) is 19.8 Å². The zero-order valence-electron chi connectivity index (χ0n) is 10.6. The number of aliphatic hydroxyl groups is 1. The van der Waals surface area contributed by atoms with Crippen LogP contribution in [-0.4, -0.2) is 41.2 Å². The molecule has 0 saturated carbocycles. The molecule has 0 bridgehead atoms. The molecule has 18 heavy (non-hydrogen) atoms. The molecule has 2 atom stereocenters. The lowest BCUT2D eigenvalue weighted by Gasteiger charge is -2.26. The Bertz CT molecular complexity index is 393. The lowest BCUT2D eigenvalue weighted by atomic mass is 10.2. The minimum absolute atomic E-state index is 0.0315. The largest absolute Gasteiger partial charge is 0.481 e. The lowest BCUT2D eigenvalue weighted by molar-refractivity contribution is -0.139. The molecule has 1 fully saturated rings. The molecule has 1 aromatic carbocycles. The van der Waals surface area contributed by atoms with Crippen molar-refractivity contribution in [2.45, 2.75) is 31.9 Å². The lowest BCUT2D eigenvalue weighted by Crippen LogP contribution is -2.44. The van der Waals surface area contributed by atoms with Crippen LogP contribution in [0.15, 0.2) is 30.3 Å². The molecule has 4 heteroatoms. The normalized spacial score (nSPS) is 20.8. The highest BCUT2D eigenvalue weighted by Gasteiger charge is 2.31. The number of likely N-dealkylation sites (tertiary alicyclic amines) is 1. The molecule has 98 valence electrons. The zero-order chi connectivity index (χ0) is 13.0. The third-order valence-electron chi connectivity index (χ3n) is 3.27. The van der Waals surface area contributed by atoms with Crippen LogP contribution in [0, 0.1) is 0 Å². The number of benzene rings is 1. The SMILES string of the molecule is CC(Oc1ccccc1)C(=O)N1CCC[C@H]1CO. The number of ether oxygens (including phenoxy) is 1. The van der Waals surface area contributed by atoms with Crippen molar-refractivity contribution in [3.8, 4) is 5.75 Å².